The van der Waals surface area contributed by atoms with Gasteiger partial charge in [0.15, 0.2) is 0 Å². The number of hydrogen-bond donors (Lipinski definition) is 2. The number of carbonyl (C=O) groups is 1. The largest absolute Gasteiger partial charge is 0.507 e. The summed E-state index contributed by atoms with van der Waals surface area (Å²) in [6.45, 7) is 0.416. The number of carbonyl (C=O) groups excluding carboxylic acids is 1. The summed E-state index contributed by atoms with van der Waals surface area (Å²) in [5.74, 6) is -0.288. The lowest BCUT2D eigenvalue weighted by molar-refractivity contribution is -0.384. The molecule has 31 heavy (non-hydrogen) atoms. The summed E-state index contributed by atoms with van der Waals surface area (Å²) in [7, 11) is 0. The molecule has 1 aliphatic carbocycles. The highest BCUT2D eigenvalue weighted by Crippen LogP contribution is 2.40. The van der Waals surface area contributed by atoms with Crippen LogP contribution in [0.15, 0.2) is 53.5 Å². The number of nitro benzene ring substituents is 1. The first-order valence-electron chi connectivity index (χ1n) is 10.0. The molecule has 0 bridgehead atoms. The number of aromatic hydroxyl groups is 1. The summed E-state index contributed by atoms with van der Waals surface area (Å²) in [4.78, 5) is 29.2. The van der Waals surface area contributed by atoms with E-state index in [1.54, 1.807) is 0 Å². The van der Waals surface area contributed by atoms with E-state index in [0.29, 0.717) is 17.1 Å². The maximum absolute atomic E-state index is 13.1. The number of non-ortho nitro benzene ring substituents is 1. The van der Waals surface area contributed by atoms with Gasteiger partial charge in [-0.3, -0.25) is 14.9 Å². The molecule has 0 spiro atoms. The first-order chi connectivity index (χ1) is 15.0. The van der Waals surface area contributed by atoms with Crippen LogP contribution in [0.1, 0.15) is 44.8 Å². The zero-order valence-electron chi connectivity index (χ0n) is 16.7. The number of aliphatic imine (C=N–C) groups is 1. The van der Waals surface area contributed by atoms with Crippen molar-refractivity contribution in [1.29, 1.82) is 0 Å². The molecule has 0 saturated heterocycles. The molecular formula is C23H21N3O4S. The third kappa shape index (κ3) is 4.64. The van der Waals surface area contributed by atoms with E-state index < -0.39 is 4.92 Å². The SMILES string of the molecule is O=C(NCc1ccccc1)c1c(N=Cc2cc([N+](=O)[O-])ccc2O)sc2c1CCCC2. The van der Waals surface area contributed by atoms with Crippen LogP contribution in [0.2, 0.25) is 0 Å². The van der Waals surface area contributed by atoms with Crippen LogP contribution in [0.5, 0.6) is 5.75 Å². The van der Waals surface area contributed by atoms with Crippen molar-refractivity contribution in [3.8, 4) is 5.75 Å². The molecule has 2 aromatic carbocycles. The van der Waals surface area contributed by atoms with Crippen molar-refractivity contribution in [2.45, 2.75) is 32.2 Å². The van der Waals surface area contributed by atoms with Crippen molar-refractivity contribution in [2.75, 3.05) is 0 Å². The Kier molecular flexibility index (Phi) is 6.08. The zero-order valence-corrected chi connectivity index (χ0v) is 17.5. The van der Waals surface area contributed by atoms with Crippen LogP contribution >= 0.6 is 11.3 Å². The van der Waals surface area contributed by atoms with Gasteiger partial charge < -0.3 is 10.4 Å². The highest BCUT2D eigenvalue weighted by molar-refractivity contribution is 7.16. The quantitative estimate of drug-likeness (QED) is 0.326. The molecule has 0 aliphatic heterocycles. The number of phenolic OH excluding ortho intramolecular Hbond substituents is 1. The van der Waals surface area contributed by atoms with Gasteiger partial charge in [-0.05, 0) is 42.9 Å². The number of nitrogens with one attached hydrogen (secondary N) is 1. The van der Waals surface area contributed by atoms with Crippen molar-refractivity contribution >= 4 is 34.1 Å². The van der Waals surface area contributed by atoms with E-state index in [1.165, 1.54) is 35.8 Å². The van der Waals surface area contributed by atoms with E-state index in [9.17, 15) is 20.0 Å². The molecule has 0 radical (unpaired) electrons. The zero-order chi connectivity index (χ0) is 21.8. The Hall–Kier alpha value is -3.52. The summed E-state index contributed by atoms with van der Waals surface area (Å²) in [5, 5.41) is 24.6. The van der Waals surface area contributed by atoms with E-state index in [-0.39, 0.29) is 22.9 Å². The molecule has 7 nitrogen and oxygen atoms in total. The van der Waals surface area contributed by atoms with Crippen molar-refractivity contribution in [3.63, 3.8) is 0 Å². The van der Waals surface area contributed by atoms with Crippen LogP contribution in [0.3, 0.4) is 0 Å². The van der Waals surface area contributed by atoms with E-state index in [4.69, 9.17) is 0 Å². The molecule has 2 N–H and O–H groups in total. The fourth-order valence-corrected chi connectivity index (χ4v) is 4.86. The predicted octanol–water partition coefficient (Wildman–Crippen LogP) is 4.92. The highest BCUT2D eigenvalue weighted by Gasteiger charge is 2.25. The van der Waals surface area contributed by atoms with Crippen molar-refractivity contribution < 1.29 is 14.8 Å². The van der Waals surface area contributed by atoms with Gasteiger partial charge in [-0.15, -0.1) is 11.3 Å². The Balaban J connectivity index is 1.64. The van der Waals surface area contributed by atoms with Gasteiger partial charge in [-0.2, -0.15) is 0 Å². The molecule has 1 amide bonds. The highest BCUT2D eigenvalue weighted by atomic mass is 32.1. The molecule has 8 heteroatoms. The van der Waals surface area contributed by atoms with E-state index >= 15 is 0 Å². The molecule has 1 heterocycles. The van der Waals surface area contributed by atoms with Gasteiger partial charge in [0, 0.05) is 35.3 Å². The number of rotatable bonds is 6. The Labute approximate surface area is 183 Å². The first-order valence-corrected chi connectivity index (χ1v) is 10.8. The number of phenols is 1. The van der Waals surface area contributed by atoms with Crippen LogP contribution in [0.4, 0.5) is 10.7 Å². The molecule has 0 unspecified atom stereocenters. The number of thiophene rings is 1. The second-order valence-corrected chi connectivity index (χ2v) is 8.40. The summed E-state index contributed by atoms with van der Waals surface area (Å²) >= 11 is 1.47. The third-order valence-corrected chi connectivity index (χ3v) is 6.42. The number of amides is 1. The van der Waals surface area contributed by atoms with Gasteiger partial charge in [0.1, 0.15) is 10.8 Å². The van der Waals surface area contributed by atoms with Gasteiger partial charge in [0.25, 0.3) is 11.6 Å². The van der Waals surface area contributed by atoms with Crippen LogP contribution in [-0.2, 0) is 19.4 Å². The minimum Gasteiger partial charge on any atom is -0.507 e. The fraction of sp³-hybridized carbons (Fsp3) is 0.217. The predicted molar refractivity (Wildman–Crippen MR) is 121 cm³/mol. The van der Waals surface area contributed by atoms with Gasteiger partial charge >= 0.3 is 0 Å². The summed E-state index contributed by atoms with van der Waals surface area (Å²) < 4.78 is 0. The Morgan fingerprint density at radius 3 is 2.74 bits per heavy atom. The van der Waals surface area contributed by atoms with Crippen LogP contribution < -0.4 is 5.32 Å². The van der Waals surface area contributed by atoms with Crippen molar-refractivity contribution in [2.24, 2.45) is 4.99 Å². The fourth-order valence-electron chi connectivity index (χ4n) is 3.63. The molecule has 0 atom stereocenters. The molecule has 1 aliphatic rings. The first kappa shape index (κ1) is 20.7. The Morgan fingerprint density at radius 1 is 1.19 bits per heavy atom. The molecule has 1 aromatic heterocycles. The number of nitrogens with zero attached hydrogens (tertiary/aromatic N) is 2. The lowest BCUT2D eigenvalue weighted by atomic mass is 9.95. The molecule has 0 saturated carbocycles. The lowest BCUT2D eigenvalue weighted by Gasteiger charge is -2.12. The molecule has 3 aromatic rings. The standard InChI is InChI=1S/C23H21N3O4S/c27-19-11-10-17(26(29)30)12-16(19)14-25-23-21(18-8-4-5-9-20(18)31-23)22(28)24-13-15-6-2-1-3-7-15/h1-3,6-7,10-12,14,27H,4-5,8-9,13H2,(H,24,28). The van der Waals surface area contributed by atoms with E-state index in [1.807, 2.05) is 30.3 Å². The number of aryl methyl sites for hydroxylation is 1. The lowest BCUT2D eigenvalue weighted by Crippen LogP contribution is -2.24. The van der Waals surface area contributed by atoms with Crippen LogP contribution in [0, 0.1) is 10.1 Å². The normalized spacial score (nSPS) is 13.2. The van der Waals surface area contributed by atoms with E-state index in [2.05, 4.69) is 10.3 Å². The van der Waals surface area contributed by atoms with Gasteiger partial charge in [0.05, 0.1) is 10.5 Å². The maximum atomic E-state index is 13.1. The summed E-state index contributed by atoms with van der Waals surface area (Å²) in [6.07, 6.45) is 5.23. The topological polar surface area (TPSA) is 105 Å². The average molecular weight is 436 g/mol. The van der Waals surface area contributed by atoms with Gasteiger partial charge in [-0.1, -0.05) is 30.3 Å². The molecular weight excluding hydrogens is 414 g/mol. The second kappa shape index (κ2) is 9.09. The number of benzene rings is 2. The van der Waals surface area contributed by atoms with Gasteiger partial charge in [-0.25, -0.2) is 4.99 Å². The monoisotopic (exact) mass is 435 g/mol. The Bertz CT molecular complexity index is 1160. The number of fused-ring (bicyclic) bond motifs is 1. The molecule has 4 rings (SSSR count). The third-order valence-electron chi connectivity index (χ3n) is 5.22. The Morgan fingerprint density at radius 2 is 1.97 bits per heavy atom. The molecule has 158 valence electrons. The van der Waals surface area contributed by atoms with Crippen LogP contribution in [0.25, 0.3) is 0 Å². The van der Waals surface area contributed by atoms with E-state index in [0.717, 1.165) is 41.7 Å². The maximum Gasteiger partial charge on any atom is 0.270 e. The minimum absolute atomic E-state index is 0.106. The van der Waals surface area contributed by atoms with Crippen molar-refractivity contribution in [1.82, 2.24) is 5.32 Å². The number of hydrogen-bond acceptors (Lipinski definition) is 6. The molecule has 0 fully saturated rings. The summed E-state index contributed by atoms with van der Waals surface area (Å²) in [5.41, 5.74) is 2.71. The summed E-state index contributed by atoms with van der Waals surface area (Å²) in [6, 6.07) is 13.5. The minimum atomic E-state index is -0.525. The van der Waals surface area contributed by atoms with Crippen molar-refractivity contribution in [3.05, 3.63) is 85.8 Å². The number of nitro groups is 1. The van der Waals surface area contributed by atoms with Gasteiger partial charge in [0.2, 0.25) is 0 Å². The van der Waals surface area contributed by atoms with Crippen LogP contribution in [-0.4, -0.2) is 22.2 Å². The average Bonchev–Trinajstić information content (AvgIpc) is 3.16. The smallest absolute Gasteiger partial charge is 0.270 e. The second-order valence-electron chi connectivity index (χ2n) is 7.32.